The van der Waals surface area contributed by atoms with Gasteiger partial charge < -0.3 is 24.5 Å². The van der Waals surface area contributed by atoms with E-state index >= 15 is 0 Å². The highest BCUT2D eigenvalue weighted by atomic mass is 127. The Morgan fingerprint density at radius 1 is 1.15 bits per heavy atom. The molecule has 8 heteroatoms. The number of halogens is 1. The lowest BCUT2D eigenvalue weighted by molar-refractivity contribution is 0.166. The fourth-order valence-electron chi connectivity index (χ4n) is 3.54. The van der Waals surface area contributed by atoms with Gasteiger partial charge in [-0.15, -0.1) is 24.0 Å². The van der Waals surface area contributed by atoms with Crippen molar-refractivity contribution in [1.29, 1.82) is 0 Å². The first-order valence-electron chi connectivity index (χ1n) is 11.0. The Kier molecular flexibility index (Phi) is 9.56. The van der Waals surface area contributed by atoms with Crippen LogP contribution < -0.4 is 15.4 Å². The smallest absolute Gasteiger partial charge is 0.226 e. The first kappa shape index (κ1) is 25.0. The van der Waals surface area contributed by atoms with E-state index in [2.05, 4.69) is 45.7 Å². The van der Waals surface area contributed by atoms with Gasteiger partial charge in [0.15, 0.2) is 5.96 Å². The number of guanidine groups is 1. The van der Waals surface area contributed by atoms with E-state index in [0.717, 1.165) is 42.2 Å². The van der Waals surface area contributed by atoms with Crippen LogP contribution in [0.4, 0.5) is 0 Å². The Morgan fingerprint density at radius 2 is 1.97 bits per heavy atom. The van der Waals surface area contributed by atoms with Gasteiger partial charge in [-0.2, -0.15) is 0 Å². The first-order chi connectivity index (χ1) is 15.7. The molecule has 2 N–H and O–H groups in total. The van der Waals surface area contributed by atoms with Crippen molar-refractivity contribution >= 4 is 29.9 Å². The standard InChI is InChI=1S/C25H30N4O3.HI/c1-18-8-9-21(23(12-18)31-16-19-10-11-30-15-19)13-27-25(26-2)28-14-22-17-32-24(29-22)20-6-4-3-5-7-20;/h3-9,12,17,19H,10-11,13-16H2,1-2H3,(H2,26,27,28);1H. The zero-order valence-electron chi connectivity index (χ0n) is 19.0. The summed E-state index contributed by atoms with van der Waals surface area (Å²) in [5.74, 6) is 2.67. The topological polar surface area (TPSA) is 80.9 Å². The zero-order chi connectivity index (χ0) is 22.2. The second-order valence-corrected chi connectivity index (χ2v) is 7.94. The molecule has 0 aliphatic carbocycles. The van der Waals surface area contributed by atoms with Gasteiger partial charge in [0.25, 0.3) is 0 Å². The number of aliphatic imine (C=N–C) groups is 1. The molecule has 0 amide bonds. The molecule has 33 heavy (non-hydrogen) atoms. The number of nitrogens with one attached hydrogen (secondary N) is 2. The van der Waals surface area contributed by atoms with E-state index in [0.29, 0.717) is 37.5 Å². The Labute approximate surface area is 212 Å². The summed E-state index contributed by atoms with van der Waals surface area (Å²) in [6.45, 7) is 5.48. The third-order valence-corrected chi connectivity index (χ3v) is 5.40. The minimum Gasteiger partial charge on any atom is -0.493 e. The van der Waals surface area contributed by atoms with Crippen molar-refractivity contribution in [3.63, 3.8) is 0 Å². The lowest BCUT2D eigenvalue weighted by Gasteiger charge is -2.16. The molecule has 1 aliphatic heterocycles. The summed E-state index contributed by atoms with van der Waals surface area (Å²) in [5.41, 5.74) is 4.03. The lowest BCUT2D eigenvalue weighted by Crippen LogP contribution is -2.36. The molecule has 1 fully saturated rings. The summed E-state index contributed by atoms with van der Waals surface area (Å²) in [6.07, 6.45) is 2.73. The van der Waals surface area contributed by atoms with Crippen LogP contribution in [0, 0.1) is 12.8 Å². The van der Waals surface area contributed by atoms with Crippen LogP contribution >= 0.6 is 24.0 Å². The SMILES string of the molecule is CN=C(NCc1coc(-c2ccccc2)n1)NCc1ccc(C)cc1OCC1CCOC1.I. The van der Waals surface area contributed by atoms with Crippen LogP contribution in [-0.4, -0.2) is 37.8 Å². The summed E-state index contributed by atoms with van der Waals surface area (Å²) in [6, 6.07) is 16.1. The summed E-state index contributed by atoms with van der Waals surface area (Å²) < 4.78 is 17.2. The van der Waals surface area contributed by atoms with Crippen molar-refractivity contribution in [3.05, 3.63) is 71.6 Å². The van der Waals surface area contributed by atoms with Crippen molar-refractivity contribution < 1.29 is 13.9 Å². The van der Waals surface area contributed by atoms with E-state index in [1.165, 1.54) is 5.56 Å². The van der Waals surface area contributed by atoms with E-state index in [9.17, 15) is 0 Å². The lowest BCUT2D eigenvalue weighted by atomic mass is 10.1. The molecule has 7 nitrogen and oxygen atoms in total. The molecule has 1 saturated heterocycles. The number of aryl methyl sites for hydroxylation is 1. The molecule has 0 spiro atoms. The molecular formula is C25H31IN4O3. The fourth-order valence-corrected chi connectivity index (χ4v) is 3.54. The molecule has 0 radical (unpaired) electrons. The van der Waals surface area contributed by atoms with Gasteiger partial charge in [-0.25, -0.2) is 4.98 Å². The van der Waals surface area contributed by atoms with Gasteiger partial charge in [0.05, 0.1) is 25.5 Å². The van der Waals surface area contributed by atoms with Gasteiger partial charge in [-0.1, -0.05) is 30.3 Å². The molecule has 0 saturated carbocycles. The van der Waals surface area contributed by atoms with E-state index in [-0.39, 0.29) is 24.0 Å². The molecule has 1 unspecified atom stereocenters. The average molecular weight is 562 g/mol. The molecule has 1 aliphatic rings. The highest BCUT2D eigenvalue weighted by molar-refractivity contribution is 14.0. The largest absolute Gasteiger partial charge is 0.493 e. The van der Waals surface area contributed by atoms with Crippen molar-refractivity contribution in [2.45, 2.75) is 26.4 Å². The van der Waals surface area contributed by atoms with Crippen molar-refractivity contribution in [1.82, 2.24) is 15.6 Å². The Hall–Kier alpha value is -2.59. The molecule has 176 valence electrons. The maximum atomic E-state index is 6.14. The van der Waals surface area contributed by atoms with Crippen molar-refractivity contribution in [3.8, 4) is 17.2 Å². The second kappa shape index (κ2) is 12.6. The van der Waals surface area contributed by atoms with Crippen LogP contribution in [0.25, 0.3) is 11.5 Å². The highest BCUT2D eigenvalue weighted by Crippen LogP contribution is 2.23. The first-order valence-corrected chi connectivity index (χ1v) is 11.0. The van der Waals surface area contributed by atoms with Crippen LogP contribution in [0.2, 0.25) is 0 Å². The second-order valence-electron chi connectivity index (χ2n) is 7.94. The Balaban J connectivity index is 0.00000306. The van der Waals surface area contributed by atoms with E-state index in [1.54, 1.807) is 13.3 Å². The van der Waals surface area contributed by atoms with Gasteiger partial charge in [0, 0.05) is 37.2 Å². The molecule has 1 atom stereocenters. The van der Waals surface area contributed by atoms with Crippen LogP contribution in [0.5, 0.6) is 5.75 Å². The monoisotopic (exact) mass is 562 g/mol. The van der Waals surface area contributed by atoms with E-state index in [4.69, 9.17) is 13.9 Å². The number of hydrogen-bond acceptors (Lipinski definition) is 5. The maximum absolute atomic E-state index is 6.14. The number of benzene rings is 2. The van der Waals surface area contributed by atoms with E-state index < -0.39 is 0 Å². The fraction of sp³-hybridized carbons (Fsp3) is 0.360. The van der Waals surface area contributed by atoms with Crippen LogP contribution in [-0.2, 0) is 17.8 Å². The summed E-state index contributed by atoms with van der Waals surface area (Å²) in [5, 5.41) is 6.65. The third kappa shape index (κ3) is 7.20. The number of aromatic nitrogens is 1. The van der Waals surface area contributed by atoms with Crippen LogP contribution in [0.15, 0.2) is 64.2 Å². The number of ether oxygens (including phenoxy) is 2. The van der Waals surface area contributed by atoms with Gasteiger partial charge in [-0.05, 0) is 37.1 Å². The molecule has 2 heterocycles. The molecule has 3 aromatic rings. The predicted octanol–water partition coefficient (Wildman–Crippen LogP) is 4.55. The van der Waals surface area contributed by atoms with Gasteiger partial charge in [0.1, 0.15) is 12.0 Å². The van der Waals surface area contributed by atoms with Gasteiger partial charge in [-0.3, -0.25) is 4.99 Å². The highest BCUT2D eigenvalue weighted by Gasteiger charge is 2.17. The number of nitrogens with zero attached hydrogens (tertiary/aromatic N) is 2. The average Bonchev–Trinajstić information content (AvgIpc) is 3.52. The molecule has 1 aromatic heterocycles. The molecule has 0 bridgehead atoms. The van der Waals surface area contributed by atoms with Crippen LogP contribution in [0.1, 0.15) is 23.2 Å². The van der Waals surface area contributed by atoms with Crippen LogP contribution in [0.3, 0.4) is 0 Å². The minimum absolute atomic E-state index is 0. The zero-order valence-corrected chi connectivity index (χ0v) is 21.4. The normalized spacial score (nSPS) is 15.7. The molecule has 4 rings (SSSR count). The predicted molar refractivity (Wildman–Crippen MR) is 140 cm³/mol. The molecular weight excluding hydrogens is 531 g/mol. The van der Waals surface area contributed by atoms with Gasteiger partial charge in [0.2, 0.25) is 5.89 Å². The summed E-state index contributed by atoms with van der Waals surface area (Å²) in [7, 11) is 1.75. The Bertz CT molecular complexity index is 1030. The third-order valence-electron chi connectivity index (χ3n) is 5.40. The summed E-state index contributed by atoms with van der Waals surface area (Å²) in [4.78, 5) is 8.87. The van der Waals surface area contributed by atoms with Gasteiger partial charge >= 0.3 is 0 Å². The Morgan fingerprint density at radius 3 is 2.73 bits per heavy atom. The summed E-state index contributed by atoms with van der Waals surface area (Å²) >= 11 is 0. The number of hydrogen-bond donors (Lipinski definition) is 2. The number of oxazole rings is 1. The van der Waals surface area contributed by atoms with E-state index in [1.807, 2.05) is 30.3 Å². The minimum atomic E-state index is 0. The molecule has 2 aromatic carbocycles. The van der Waals surface area contributed by atoms with Crippen molar-refractivity contribution in [2.75, 3.05) is 26.9 Å². The number of rotatable bonds is 8. The quantitative estimate of drug-likeness (QED) is 0.238. The maximum Gasteiger partial charge on any atom is 0.226 e. The van der Waals surface area contributed by atoms with Crippen molar-refractivity contribution in [2.24, 2.45) is 10.9 Å².